The highest BCUT2D eigenvalue weighted by Gasteiger charge is 2.59. The van der Waals surface area contributed by atoms with Crippen molar-refractivity contribution in [2.24, 2.45) is 11.8 Å². The van der Waals surface area contributed by atoms with Crippen LogP contribution in [-0.4, -0.2) is 51.7 Å². The van der Waals surface area contributed by atoms with Crippen molar-refractivity contribution in [3.63, 3.8) is 0 Å². The van der Waals surface area contributed by atoms with Gasteiger partial charge in [0.05, 0.1) is 28.6 Å². The molecule has 3 heterocycles. The molecule has 1 fully saturated rings. The number of halogens is 3. The van der Waals surface area contributed by atoms with Crippen molar-refractivity contribution in [1.29, 1.82) is 0 Å². The van der Waals surface area contributed by atoms with Gasteiger partial charge in [0, 0.05) is 41.3 Å². The summed E-state index contributed by atoms with van der Waals surface area (Å²) >= 11 is 0. The first-order valence-corrected chi connectivity index (χ1v) is 14.1. The van der Waals surface area contributed by atoms with Crippen LogP contribution in [0.5, 0.6) is 0 Å². The third-order valence-electron chi connectivity index (χ3n) is 7.84. The molecule has 1 saturated heterocycles. The minimum Gasteiger partial charge on any atom is -0.456 e. The van der Waals surface area contributed by atoms with Crippen LogP contribution in [0.2, 0.25) is 0 Å². The first kappa shape index (κ1) is 32.9. The fraction of sp³-hybridized carbons (Fsp3) is 0.290. The predicted molar refractivity (Wildman–Crippen MR) is 156 cm³/mol. The zero-order valence-corrected chi connectivity index (χ0v) is 24.6. The lowest BCUT2D eigenvalue weighted by atomic mass is 9.78. The van der Waals surface area contributed by atoms with Crippen LogP contribution in [-0.2, 0) is 31.8 Å². The molecule has 2 N–H and O–H groups in total. The molecule has 0 aliphatic carbocycles. The Morgan fingerprint density at radius 2 is 1.85 bits per heavy atom. The summed E-state index contributed by atoms with van der Waals surface area (Å²) in [7, 11) is 0. The largest absolute Gasteiger partial charge is 0.456 e. The van der Waals surface area contributed by atoms with Gasteiger partial charge in [0.25, 0.3) is 5.69 Å². The second-order valence-corrected chi connectivity index (χ2v) is 10.9. The number of ether oxygens (including phenoxy) is 2. The van der Waals surface area contributed by atoms with E-state index < -0.39 is 69.8 Å². The molecular formula is C31H26F3N3O10. The molecule has 13 nitrogen and oxygen atoms in total. The quantitative estimate of drug-likeness (QED) is 0.108. The summed E-state index contributed by atoms with van der Waals surface area (Å²) in [5, 5.41) is 23.0. The van der Waals surface area contributed by atoms with E-state index in [1.165, 1.54) is 54.3 Å². The maximum absolute atomic E-state index is 13.3. The fourth-order valence-corrected chi connectivity index (χ4v) is 5.66. The van der Waals surface area contributed by atoms with E-state index in [1.54, 1.807) is 6.92 Å². The number of rotatable bonds is 9. The first-order valence-electron chi connectivity index (χ1n) is 14.1. The lowest BCUT2D eigenvalue weighted by Crippen LogP contribution is -2.63. The van der Waals surface area contributed by atoms with Gasteiger partial charge in [-0.25, -0.2) is 14.4 Å². The van der Waals surface area contributed by atoms with Crippen LogP contribution < -0.4 is 10.9 Å². The molecule has 0 bridgehead atoms. The zero-order chi connectivity index (χ0) is 34.2. The Labute approximate surface area is 263 Å². The van der Waals surface area contributed by atoms with E-state index in [0.29, 0.717) is 17.2 Å². The number of nitrogens with one attached hydrogen (secondary N) is 1. The maximum Gasteiger partial charge on any atom is 0.417 e. The molecule has 47 heavy (non-hydrogen) atoms. The number of nitro groups is 1. The second kappa shape index (κ2) is 12.7. The highest BCUT2D eigenvalue weighted by Crippen LogP contribution is 2.47. The Kier molecular flexibility index (Phi) is 8.89. The third-order valence-corrected chi connectivity index (χ3v) is 7.84. The number of alkyl halides is 3. The van der Waals surface area contributed by atoms with Gasteiger partial charge in [-0.05, 0) is 48.4 Å². The van der Waals surface area contributed by atoms with Gasteiger partial charge < -0.3 is 23.9 Å². The number of β-lactam (4-membered cyclic amide) rings is 1. The molecule has 0 saturated carbocycles. The normalized spacial score (nSPS) is 19.8. The maximum atomic E-state index is 13.3. The number of non-ortho nitro benzene ring substituents is 1. The van der Waals surface area contributed by atoms with Gasteiger partial charge in [0.1, 0.15) is 24.5 Å². The molecule has 0 unspecified atom stereocenters. The van der Waals surface area contributed by atoms with Crippen LogP contribution in [0.15, 0.2) is 81.2 Å². The Balaban J connectivity index is 1.28. The summed E-state index contributed by atoms with van der Waals surface area (Å²) in [6, 6.07) is 8.43. The third kappa shape index (κ3) is 6.58. The molecule has 3 aromatic rings. The number of anilines is 1. The summed E-state index contributed by atoms with van der Waals surface area (Å²) in [6.45, 7) is 2.66. The summed E-state index contributed by atoms with van der Waals surface area (Å²) in [4.78, 5) is 61.7. The van der Waals surface area contributed by atoms with Crippen LogP contribution in [0.3, 0.4) is 0 Å². The highest BCUT2D eigenvalue weighted by atomic mass is 19.4. The molecule has 1 aromatic heterocycles. The number of allylic oxidation sites excluding steroid dienone is 1. The number of hydrogen-bond acceptors (Lipinski definition) is 10. The van der Waals surface area contributed by atoms with E-state index in [2.05, 4.69) is 5.32 Å². The Morgan fingerprint density at radius 3 is 2.49 bits per heavy atom. The second-order valence-electron chi connectivity index (χ2n) is 10.9. The van der Waals surface area contributed by atoms with Crippen LogP contribution in [0.4, 0.5) is 29.3 Å². The minimum atomic E-state index is -4.80. The number of amides is 2. The zero-order valence-electron chi connectivity index (χ0n) is 24.6. The first-order chi connectivity index (χ1) is 22.2. The number of nitrogens with zero attached hydrogens (tertiary/aromatic N) is 2. The lowest BCUT2D eigenvalue weighted by molar-refractivity contribution is -0.384. The number of nitro benzene ring substituents is 1. The van der Waals surface area contributed by atoms with Crippen molar-refractivity contribution in [3.05, 3.63) is 104 Å². The Morgan fingerprint density at radius 1 is 1.15 bits per heavy atom. The summed E-state index contributed by atoms with van der Waals surface area (Å²) in [5.41, 5.74) is -2.14. The number of aliphatic hydroxyl groups is 1. The fourth-order valence-electron chi connectivity index (χ4n) is 5.66. The number of carbonyl (C=O) groups excluding carboxylic acids is 3. The van der Waals surface area contributed by atoms with Crippen LogP contribution in [0, 0.1) is 22.0 Å². The SMILES string of the molecule is C[C@@H](O)[C@H]1C(=O)N2C(C(=O)OCc3ccc([N+](=O)[O-])cc3)=C(/C=C/COC(=O)Nc3ccc4c(C(F)(F)F)cc(=O)oc4c3)[C@H](C)[C@H]12. The highest BCUT2D eigenvalue weighted by molar-refractivity contribution is 6.01. The number of hydrogen-bond donors (Lipinski definition) is 2. The molecule has 0 radical (unpaired) electrons. The van der Waals surface area contributed by atoms with Crippen LogP contribution in [0.1, 0.15) is 25.0 Å². The molecular weight excluding hydrogens is 631 g/mol. The summed E-state index contributed by atoms with van der Waals surface area (Å²) in [5.74, 6) is -2.49. The standard InChI is InChI=1S/C31H26F3N3O10/c1-15-20(4-3-11-45-30(42)35-18-7-10-21-22(31(32,33)34)13-24(39)47-23(21)12-18)27(36-26(15)25(16(2)38)28(36)40)29(41)46-14-17-5-8-19(9-6-17)37(43)44/h3-10,12-13,15-16,25-26,38H,11,14H2,1-2H3,(H,35,42)/b4-3+/t15-,16+,25+,26+/m0/s1. The van der Waals surface area contributed by atoms with E-state index in [4.69, 9.17) is 13.9 Å². The van der Waals surface area contributed by atoms with Crippen molar-refractivity contribution in [2.75, 3.05) is 11.9 Å². The van der Waals surface area contributed by atoms with Crippen LogP contribution in [0.25, 0.3) is 11.0 Å². The number of esters is 1. The van der Waals surface area contributed by atoms with Gasteiger partial charge in [0.2, 0.25) is 5.91 Å². The molecule has 0 spiro atoms. The lowest BCUT2D eigenvalue weighted by Gasteiger charge is -2.46. The topological polar surface area (TPSA) is 179 Å². The van der Waals surface area contributed by atoms with E-state index in [-0.39, 0.29) is 35.7 Å². The van der Waals surface area contributed by atoms with Crippen molar-refractivity contribution in [3.8, 4) is 0 Å². The van der Waals surface area contributed by atoms with Gasteiger partial charge in [-0.15, -0.1) is 0 Å². The number of fused-ring (bicyclic) bond motifs is 2. The van der Waals surface area contributed by atoms with Gasteiger partial charge in [0.15, 0.2) is 0 Å². The number of aliphatic hydroxyl groups excluding tert-OH is 1. The average molecular weight is 658 g/mol. The molecule has 2 aliphatic heterocycles. The summed E-state index contributed by atoms with van der Waals surface area (Å²) < 4.78 is 55.3. The van der Waals surface area contributed by atoms with Crippen molar-refractivity contribution in [2.45, 2.75) is 38.8 Å². The molecule has 16 heteroatoms. The Hall–Kier alpha value is -5.51. The molecule has 5 rings (SSSR count). The van der Waals surface area contributed by atoms with E-state index in [9.17, 15) is 47.6 Å². The number of benzene rings is 2. The smallest absolute Gasteiger partial charge is 0.417 e. The van der Waals surface area contributed by atoms with Gasteiger partial charge in [-0.1, -0.05) is 13.0 Å². The van der Waals surface area contributed by atoms with Gasteiger partial charge in [-0.2, -0.15) is 13.2 Å². The van der Waals surface area contributed by atoms with Gasteiger partial charge in [-0.3, -0.25) is 20.2 Å². The minimum absolute atomic E-state index is 0.00816. The number of carbonyl (C=O) groups is 3. The van der Waals surface area contributed by atoms with Crippen molar-refractivity contribution >= 4 is 40.3 Å². The monoisotopic (exact) mass is 657 g/mol. The molecule has 2 amide bonds. The molecule has 246 valence electrons. The van der Waals surface area contributed by atoms with E-state index >= 15 is 0 Å². The van der Waals surface area contributed by atoms with E-state index in [0.717, 1.165) is 12.1 Å². The molecule has 4 atom stereocenters. The van der Waals surface area contributed by atoms with Crippen molar-refractivity contribution in [1.82, 2.24) is 4.90 Å². The molecule has 2 aliphatic rings. The van der Waals surface area contributed by atoms with E-state index in [1.807, 2.05) is 0 Å². The predicted octanol–water partition coefficient (Wildman–Crippen LogP) is 4.68. The average Bonchev–Trinajstić information content (AvgIpc) is 3.24. The van der Waals surface area contributed by atoms with Crippen molar-refractivity contribution < 1.29 is 51.5 Å². The van der Waals surface area contributed by atoms with Gasteiger partial charge >= 0.3 is 23.9 Å². The Bertz CT molecular complexity index is 1880. The molecule has 2 aromatic carbocycles. The summed E-state index contributed by atoms with van der Waals surface area (Å²) in [6.07, 6.45) is -3.90. The van der Waals surface area contributed by atoms with Crippen LogP contribution >= 0.6 is 0 Å².